The van der Waals surface area contributed by atoms with Gasteiger partial charge in [-0.05, 0) is 16.7 Å². The van der Waals surface area contributed by atoms with Gasteiger partial charge in [0, 0.05) is 6.42 Å². The Labute approximate surface area is 215 Å². The first-order valence-electron chi connectivity index (χ1n) is 12.2. The van der Waals surface area contributed by atoms with Crippen molar-refractivity contribution in [2.45, 2.75) is 57.0 Å². The highest BCUT2D eigenvalue weighted by molar-refractivity contribution is 5.15. The molecule has 4 rings (SSSR count). The molecule has 0 radical (unpaired) electrons. The maximum Gasteiger partial charge on any atom is 0.411 e. The van der Waals surface area contributed by atoms with Gasteiger partial charge in [0.15, 0.2) is 6.29 Å². The lowest BCUT2D eigenvalue weighted by Gasteiger charge is -2.41. The van der Waals surface area contributed by atoms with Crippen LogP contribution in [0.2, 0.25) is 0 Å². The van der Waals surface area contributed by atoms with Crippen LogP contribution in [0.15, 0.2) is 91.0 Å². The van der Waals surface area contributed by atoms with Gasteiger partial charge in [0.25, 0.3) is 0 Å². The van der Waals surface area contributed by atoms with Crippen molar-refractivity contribution in [3.63, 3.8) is 0 Å². The molecule has 0 saturated carbocycles. The number of alkyl halides is 3. The summed E-state index contributed by atoms with van der Waals surface area (Å²) in [5.41, 5.74) is 2.88. The normalized spacial score (nSPS) is 22.1. The highest BCUT2D eigenvalue weighted by Gasteiger charge is 2.42. The van der Waals surface area contributed by atoms with Gasteiger partial charge >= 0.3 is 6.18 Å². The van der Waals surface area contributed by atoms with E-state index in [9.17, 15) is 13.2 Å². The van der Waals surface area contributed by atoms with E-state index in [0.717, 1.165) is 16.7 Å². The molecule has 5 nitrogen and oxygen atoms in total. The van der Waals surface area contributed by atoms with Crippen molar-refractivity contribution in [1.29, 1.82) is 0 Å². The van der Waals surface area contributed by atoms with Gasteiger partial charge in [-0.1, -0.05) is 91.0 Å². The zero-order valence-corrected chi connectivity index (χ0v) is 20.4. The van der Waals surface area contributed by atoms with E-state index in [1.807, 2.05) is 91.0 Å². The molecule has 0 unspecified atom stereocenters. The summed E-state index contributed by atoms with van der Waals surface area (Å²) in [6, 6.07) is 28.8. The Kier molecular flexibility index (Phi) is 10.1. The second-order valence-corrected chi connectivity index (χ2v) is 8.86. The Morgan fingerprint density at radius 1 is 0.676 bits per heavy atom. The Morgan fingerprint density at radius 3 is 1.73 bits per heavy atom. The van der Waals surface area contributed by atoms with E-state index in [1.165, 1.54) is 0 Å². The molecule has 198 valence electrons. The average Bonchev–Trinajstić information content (AvgIpc) is 2.91. The molecule has 0 bridgehead atoms. The van der Waals surface area contributed by atoms with Crippen LogP contribution in [0.4, 0.5) is 13.2 Å². The van der Waals surface area contributed by atoms with E-state index in [0.29, 0.717) is 13.2 Å². The number of benzene rings is 3. The zero-order valence-electron chi connectivity index (χ0n) is 20.4. The SMILES string of the molecule is FC(F)(F)CO[C@@H]1C[C@@H](OCc2ccccc2)[C@H](OCc2ccccc2)[C@@H](COCc2ccccc2)O1. The summed E-state index contributed by atoms with van der Waals surface area (Å²) in [6.45, 7) is -0.402. The second-order valence-electron chi connectivity index (χ2n) is 8.86. The monoisotopic (exact) mass is 516 g/mol. The molecule has 8 heteroatoms. The van der Waals surface area contributed by atoms with Crippen LogP contribution in [0.5, 0.6) is 0 Å². The van der Waals surface area contributed by atoms with Crippen LogP contribution in [0.1, 0.15) is 23.1 Å². The molecule has 1 saturated heterocycles. The molecule has 1 fully saturated rings. The fourth-order valence-electron chi connectivity index (χ4n) is 4.11. The largest absolute Gasteiger partial charge is 0.411 e. The van der Waals surface area contributed by atoms with E-state index in [4.69, 9.17) is 23.7 Å². The third-order valence-electron chi connectivity index (χ3n) is 5.90. The predicted octanol–water partition coefficient (Wildman–Crippen LogP) is 6.07. The third-order valence-corrected chi connectivity index (χ3v) is 5.90. The number of rotatable bonds is 12. The van der Waals surface area contributed by atoms with E-state index >= 15 is 0 Å². The van der Waals surface area contributed by atoms with Crippen LogP contribution in [0.25, 0.3) is 0 Å². The molecular weight excluding hydrogens is 485 g/mol. The minimum atomic E-state index is -4.47. The maximum atomic E-state index is 12.9. The van der Waals surface area contributed by atoms with Crippen molar-refractivity contribution in [1.82, 2.24) is 0 Å². The van der Waals surface area contributed by atoms with Gasteiger partial charge in [-0.25, -0.2) is 0 Å². The minimum absolute atomic E-state index is 0.0948. The standard InChI is InChI=1S/C29H31F3O5/c30-29(31,32)21-36-27-16-25(34-18-23-12-6-2-7-13-23)28(35-19-24-14-8-3-9-15-24)26(37-27)20-33-17-22-10-4-1-5-11-22/h1-15,25-28H,16-21H2/t25-,26-,27+,28+/m1/s1. The first-order chi connectivity index (χ1) is 18.0. The van der Waals surface area contributed by atoms with Crippen LogP contribution in [0, 0.1) is 0 Å². The van der Waals surface area contributed by atoms with Crippen LogP contribution in [0.3, 0.4) is 0 Å². The molecule has 0 aliphatic carbocycles. The van der Waals surface area contributed by atoms with Crippen molar-refractivity contribution < 1.29 is 36.9 Å². The van der Waals surface area contributed by atoms with Crippen LogP contribution in [-0.4, -0.2) is 44.0 Å². The molecule has 1 aliphatic rings. The van der Waals surface area contributed by atoms with Crippen molar-refractivity contribution in [2.24, 2.45) is 0 Å². The Hall–Kier alpha value is -2.75. The maximum absolute atomic E-state index is 12.9. The van der Waals surface area contributed by atoms with Gasteiger partial charge in [0.2, 0.25) is 0 Å². The lowest BCUT2D eigenvalue weighted by molar-refractivity contribution is -0.298. The van der Waals surface area contributed by atoms with Crippen molar-refractivity contribution in [2.75, 3.05) is 13.2 Å². The first-order valence-corrected chi connectivity index (χ1v) is 12.2. The molecule has 0 amide bonds. The molecule has 1 aliphatic heterocycles. The molecule has 4 atom stereocenters. The highest BCUT2D eigenvalue weighted by Crippen LogP contribution is 2.29. The van der Waals surface area contributed by atoms with Gasteiger partial charge in [-0.2, -0.15) is 13.2 Å². The number of hydrogen-bond acceptors (Lipinski definition) is 5. The topological polar surface area (TPSA) is 46.2 Å². The van der Waals surface area contributed by atoms with E-state index < -0.39 is 37.4 Å². The van der Waals surface area contributed by atoms with Crippen molar-refractivity contribution in [3.05, 3.63) is 108 Å². The summed E-state index contributed by atoms with van der Waals surface area (Å²) in [6.07, 6.45) is -7.32. The summed E-state index contributed by atoms with van der Waals surface area (Å²) >= 11 is 0. The smallest absolute Gasteiger partial charge is 0.374 e. The third kappa shape index (κ3) is 9.25. The molecule has 0 N–H and O–H groups in total. The second kappa shape index (κ2) is 13.7. The predicted molar refractivity (Wildman–Crippen MR) is 131 cm³/mol. The molecule has 1 heterocycles. The van der Waals surface area contributed by atoms with Crippen LogP contribution < -0.4 is 0 Å². The zero-order chi connectivity index (χ0) is 25.9. The van der Waals surface area contributed by atoms with E-state index in [1.54, 1.807) is 0 Å². The number of ether oxygens (including phenoxy) is 5. The van der Waals surface area contributed by atoms with Gasteiger partial charge in [0.05, 0.1) is 32.5 Å². The Morgan fingerprint density at radius 2 is 1.19 bits per heavy atom. The van der Waals surface area contributed by atoms with Gasteiger partial charge in [-0.3, -0.25) is 0 Å². The summed E-state index contributed by atoms with van der Waals surface area (Å²) in [4.78, 5) is 0. The fourth-order valence-corrected chi connectivity index (χ4v) is 4.11. The molecular formula is C29H31F3O5. The van der Waals surface area contributed by atoms with Gasteiger partial charge in [0.1, 0.15) is 18.8 Å². The summed E-state index contributed by atoms with van der Waals surface area (Å²) < 4.78 is 68.1. The van der Waals surface area contributed by atoms with Crippen molar-refractivity contribution >= 4 is 0 Å². The quantitative estimate of drug-likeness (QED) is 0.293. The Balaban J connectivity index is 1.48. The summed E-state index contributed by atoms with van der Waals surface area (Å²) in [5, 5.41) is 0. The molecule has 3 aromatic rings. The summed E-state index contributed by atoms with van der Waals surface area (Å²) in [5.74, 6) is 0. The fraction of sp³-hybridized carbons (Fsp3) is 0.379. The Bertz CT molecular complexity index is 1030. The lowest BCUT2D eigenvalue weighted by Crippen LogP contribution is -2.53. The van der Waals surface area contributed by atoms with Crippen molar-refractivity contribution in [3.8, 4) is 0 Å². The van der Waals surface area contributed by atoms with E-state index in [-0.39, 0.29) is 19.6 Å². The summed E-state index contributed by atoms with van der Waals surface area (Å²) in [7, 11) is 0. The van der Waals surface area contributed by atoms with E-state index in [2.05, 4.69) is 0 Å². The molecule has 37 heavy (non-hydrogen) atoms. The minimum Gasteiger partial charge on any atom is -0.374 e. The number of hydrogen-bond donors (Lipinski definition) is 0. The lowest BCUT2D eigenvalue weighted by atomic mass is 10.0. The molecule has 3 aromatic carbocycles. The van der Waals surface area contributed by atoms with Gasteiger partial charge < -0.3 is 23.7 Å². The number of halogens is 3. The highest BCUT2D eigenvalue weighted by atomic mass is 19.4. The average molecular weight is 517 g/mol. The van der Waals surface area contributed by atoms with Crippen LogP contribution >= 0.6 is 0 Å². The molecule has 0 spiro atoms. The van der Waals surface area contributed by atoms with Gasteiger partial charge in [-0.15, -0.1) is 0 Å². The van der Waals surface area contributed by atoms with Crippen LogP contribution in [-0.2, 0) is 43.5 Å². The first kappa shape index (κ1) is 27.3. The molecule has 0 aromatic heterocycles.